The number of benzene rings is 2. The molecule has 0 unspecified atom stereocenters. The molecule has 4 nitrogen and oxygen atoms in total. The highest BCUT2D eigenvalue weighted by atomic mass is 79.9. The third-order valence-corrected chi connectivity index (χ3v) is 5.22. The van der Waals surface area contributed by atoms with E-state index >= 15 is 0 Å². The number of ether oxygens (including phenoxy) is 1. The number of hydrogen-bond acceptors (Lipinski definition) is 5. The number of thiocarbonyl (C=S) groups is 1. The zero-order valence-corrected chi connectivity index (χ0v) is 16.0. The van der Waals surface area contributed by atoms with Crippen molar-refractivity contribution in [3.8, 4) is 5.75 Å². The Bertz CT molecular complexity index is 878. The van der Waals surface area contributed by atoms with Crippen molar-refractivity contribution in [2.45, 2.75) is 0 Å². The van der Waals surface area contributed by atoms with E-state index in [1.165, 1.54) is 11.8 Å². The second kappa shape index (κ2) is 7.95. The van der Waals surface area contributed by atoms with Gasteiger partial charge in [0.1, 0.15) is 10.1 Å². The van der Waals surface area contributed by atoms with E-state index in [1.54, 1.807) is 24.3 Å². The van der Waals surface area contributed by atoms with Crippen LogP contribution in [0, 0.1) is 0 Å². The zero-order valence-electron chi connectivity index (χ0n) is 12.8. The summed E-state index contributed by atoms with van der Waals surface area (Å²) in [4.78, 5) is 24.4. The standard InChI is InChI=1S/C18H12BrNO3S2/c19-14-4-2-1-3-13(14)15(21)10-23-12-7-5-11(6-8-12)9-16-17(22)20-18(24)25-16/h1-9H,10H2,(H,20,22,24)/b16-9-. The molecular weight excluding hydrogens is 422 g/mol. The maximum absolute atomic E-state index is 12.2. The third-order valence-electron chi connectivity index (χ3n) is 3.36. The van der Waals surface area contributed by atoms with Crippen LogP contribution < -0.4 is 10.1 Å². The molecule has 126 valence electrons. The molecule has 2 aromatic rings. The molecule has 0 aromatic heterocycles. The van der Waals surface area contributed by atoms with Gasteiger partial charge >= 0.3 is 0 Å². The molecule has 1 fully saturated rings. The first-order chi connectivity index (χ1) is 12.0. The molecule has 1 amide bonds. The second-order valence-electron chi connectivity index (χ2n) is 5.11. The van der Waals surface area contributed by atoms with E-state index < -0.39 is 0 Å². The molecule has 0 saturated carbocycles. The highest BCUT2D eigenvalue weighted by Gasteiger charge is 2.21. The number of ketones is 1. The van der Waals surface area contributed by atoms with Gasteiger partial charge in [0.25, 0.3) is 5.91 Å². The minimum absolute atomic E-state index is 0.0461. The number of thioether (sulfide) groups is 1. The molecule has 0 radical (unpaired) electrons. The van der Waals surface area contributed by atoms with E-state index in [9.17, 15) is 9.59 Å². The Morgan fingerprint density at radius 3 is 2.56 bits per heavy atom. The summed E-state index contributed by atoms with van der Waals surface area (Å²) in [6.07, 6.45) is 1.76. The monoisotopic (exact) mass is 433 g/mol. The lowest BCUT2D eigenvalue weighted by Crippen LogP contribution is -2.17. The van der Waals surface area contributed by atoms with Crippen molar-refractivity contribution < 1.29 is 14.3 Å². The molecule has 2 aromatic carbocycles. The van der Waals surface area contributed by atoms with Crippen molar-refractivity contribution in [1.29, 1.82) is 0 Å². The molecular formula is C18H12BrNO3S2. The largest absolute Gasteiger partial charge is 0.485 e. The maximum atomic E-state index is 12.2. The van der Waals surface area contributed by atoms with Crippen LogP contribution in [0.25, 0.3) is 6.08 Å². The first-order valence-corrected chi connectivity index (χ1v) is 9.30. The molecule has 1 aliphatic rings. The van der Waals surface area contributed by atoms with Crippen LogP contribution in [0.2, 0.25) is 0 Å². The minimum Gasteiger partial charge on any atom is -0.485 e. The summed E-state index contributed by atoms with van der Waals surface area (Å²) >= 11 is 9.55. The van der Waals surface area contributed by atoms with Crippen molar-refractivity contribution in [2.75, 3.05) is 6.61 Å². The van der Waals surface area contributed by atoms with Crippen molar-refractivity contribution in [2.24, 2.45) is 0 Å². The summed E-state index contributed by atoms with van der Waals surface area (Å²) < 4.78 is 6.75. The van der Waals surface area contributed by atoms with Crippen LogP contribution >= 0.6 is 39.9 Å². The topological polar surface area (TPSA) is 55.4 Å². The molecule has 1 heterocycles. The molecule has 1 aliphatic heterocycles. The lowest BCUT2D eigenvalue weighted by molar-refractivity contribution is -0.115. The molecule has 1 N–H and O–H groups in total. The van der Waals surface area contributed by atoms with Crippen molar-refractivity contribution in [3.05, 3.63) is 69.0 Å². The van der Waals surface area contributed by atoms with E-state index in [0.717, 1.165) is 10.0 Å². The molecule has 1 saturated heterocycles. The van der Waals surface area contributed by atoms with Crippen LogP contribution in [0.3, 0.4) is 0 Å². The van der Waals surface area contributed by atoms with Gasteiger partial charge < -0.3 is 10.1 Å². The Hall–Kier alpha value is -1.96. The van der Waals surface area contributed by atoms with Gasteiger partial charge in [-0.05, 0) is 29.8 Å². The first kappa shape index (κ1) is 17.8. The smallest absolute Gasteiger partial charge is 0.263 e. The second-order valence-corrected chi connectivity index (χ2v) is 7.69. The number of carbonyl (C=O) groups is 2. The third kappa shape index (κ3) is 4.56. The number of rotatable bonds is 5. The van der Waals surface area contributed by atoms with Gasteiger partial charge in [-0.3, -0.25) is 9.59 Å². The number of carbonyl (C=O) groups excluding carboxylic acids is 2. The van der Waals surface area contributed by atoms with Gasteiger partial charge in [-0.15, -0.1) is 0 Å². The summed E-state index contributed by atoms with van der Waals surface area (Å²) in [6.45, 7) is -0.0461. The predicted molar refractivity (Wildman–Crippen MR) is 107 cm³/mol. The molecule has 0 aliphatic carbocycles. The fourth-order valence-electron chi connectivity index (χ4n) is 2.15. The van der Waals surface area contributed by atoms with Crippen LogP contribution in [0.4, 0.5) is 0 Å². The number of halogens is 1. The van der Waals surface area contributed by atoms with E-state index in [2.05, 4.69) is 21.2 Å². The Morgan fingerprint density at radius 1 is 1.20 bits per heavy atom. The van der Waals surface area contributed by atoms with E-state index in [4.69, 9.17) is 17.0 Å². The summed E-state index contributed by atoms with van der Waals surface area (Å²) in [5.74, 6) is 0.294. The maximum Gasteiger partial charge on any atom is 0.263 e. The van der Waals surface area contributed by atoms with Gasteiger partial charge in [-0.25, -0.2) is 0 Å². The number of nitrogens with one attached hydrogen (secondary N) is 1. The van der Waals surface area contributed by atoms with Crippen LogP contribution in [0.15, 0.2) is 57.9 Å². The highest BCUT2D eigenvalue weighted by molar-refractivity contribution is 9.10. The summed E-state index contributed by atoms with van der Waals surface area (Å²) in [5.41, 5.74) is 1.44. The first-order valence-electron chi connectivity index (χ1n) is 7.28. The predicted octanol–water partition coefficient (Wildman–Crippen LogP) is 4.20. The van der Waals surface area contributed by atoms with Gasteiger partial charge in [-0.2, -0.15) is 0 Å². The average molecular weight is 434 g/mol. The molecule has 0 bridgehead atoms. The molecule has 7 heteroatoms. The van der Waals surface area contributed by atoms with Gasteiger partial charge in [0, 0.05) is 10.0 Å². The summed E-state index contributed by atoms with van der Waals surface area (Å²) in [7, 11) is 0. The minimum atomic E-state index is -0.186. The van der Waals surface area contributed by atoms with Gasteiger partial charge in [-0.1, -0.05) is 70.2 Å². The normalized spacial score (nSPS) is 15.3. The Kier molecular flexibility index (Phi) is 5.67. The Balaban J connectivity index is 1.62. The lowest BCUT2D eigenvalue weighted by Gasteiger charge is -2.07. The van der Waals surface area contributed by atoms with Crippen LogP contribution in [-0.4, -0.2) is 22.6 Å². The van der Waals surface area contributed by atoms with Gasteiger partial charge in [0.2, 0.25) is 5.78 Å². The van der Waals surface area contributed by atoms with Gasteiger partial charge in [0.15, 0.2) is 6.61 Å². The van der Waals surface area contributed by atoms with E-state index in [1.807, 2.05) is 30.3 Å². The number of Topliss-reactive ketones (excluding diaryl/α,β-unsaturated/α-hetero) is 1. The van der Waals surface area contributed by atoms with E-state index in [0.29, 0.717) is 20.5 Å². The molecule has 0 spiro atoms. The summed E-state index contributed by atoms with van der Waals surface area (Å²) in [6, 6.07) is 14.4. The number of amides is 1. The average Bonchev–Trinajstić information content (AvgIpc) is 2.91. The fraction of sp³-hybridized carbons (Fsp3) is 0.0556. The van der Waals surface area contributed by atoms with Crippen molar-refractivity contribution in [3.63, 3.8) is 0 Å². The van der Waals surface area contributed by atoms with Crippen molar-refractivity contribution in [1.82, 2.24) is 5.32 Å². The quantitative estimate of drug-likeness (QED) is 0.434. The van der Waals surface area contributed by atoms with Crippen molar-refractivity contribution >= 4 is 62.0 Å². The van der Waals surface area contributed by atoms with Crippen LogP contribution in [0.1, 0.15) is 15.9 Å². The summed E-state index contributed by atoms with van der Waals surface area (Å²) in [5, 5.41) is 2.57. The van der Waals surface area contributed by atoms with Crippen LogP contribution in [-0.2, 0) is 4.79 Å². The van der Waals surface area contributed by atoms with Crippen LogP contribution in [0.5, 0.6) is 5.75 Å². The molecule has 0 atom stereocenters. The number of hydrogen-bond donors (Lipinski definition) is 1. The Morgan fingerprint density at radius 2 is 1.92 bits per heavy atom. The lowest BCUT2D eigenvalue weighted by atomic mass is 10.1. The SMILES string of the molecule is O=C1NC(=S)S/C1=C\c1ccc(OCC(=O)c2ccccc2Br)cc1. The van der Waals surface area contributed by atoms with E-state index in [-0.39, 0.29) is 18.3 Å². The zero-order chi connectivity index (χ0) is 17.8. The highest BCUT2D eigenvalue weighted by Crippen LogP contribution is 2.26. The molecule has 3 rings (SSSR count). The fourth-order valence-corrected chi connectivity index (χ4v) is 3.70. The molecule has 25 heavy (non-hydrogen) atoms. The van der Waals surface area contributed by atoms with Gasteiger partial charge in [0.05, 0.1) is 4.91 Å². The Labute approximate surface area is 162 Å².